The molecule has 4 aromatic rings. The number of hydrogen-bond acceptors (Lipinski definition) is 4. The maximum absolute atomic E-state index is 11.8. The summed E-state index contributed by atoms with van der Waals surface area (Å²) < 4.78 is 28.3. The number of aryl methyl sites for hydroxylation is 2. The number of rotatable bonds is 6. The van der Waals surface area contributed by atoms with Crippen molar-refractivity contribution in [1.82, 2.24) is 14.9 Å². The topological polar surface area (TPSA) is 79.3 Å². The Morgan fingerprint density at radius 3 is 2.43 bits per heavy atom. The molecule has 37 heavy (non-hydrogen) atoms. The highest BCUT2D eigenvalue weighted by molar-refractivity contribution is 7.92. The number of nitrogens with zero attached hydrogens (tertiary/aromatic N) is 3. The third kappa shape index (κ3) is 5.07. The maximum atomic E-state index is 11.8. The summed E-state index contributed by atoms with van der Waals surface area (Å²) in [5.74, 6) is 0. The Morgan fingerprint density at radius 1 is 1.00 bits per heavy atom. The van der Waals surface area contributed by atoms with Crippen molar-refractivity contribution < 1.29 is 8.42 Å². The van der Waals surface area contributed by atoms with Crippen LogP contribution < -0.4 is 14.9 Å². The van der Waals surface area contributed by atoms with Gasteiger partial charge in [0.2, 0.25) is 10.0 Å². The van der Waals surface area contributed by atoms with E-state index in [1.54, 1.807) is 12.3 Å². The summed E-state index contributed by atoms with van der Waals surface area (Å²) >= 11 is 12.2. The predicted octanol–water partition coefficient (Wildman–Crippen LogP) is 5.69. The molecule has 2 aromatic carbocycles. The molecule has 0 saturated carbocycles. The van der Waals surface area contributed by atoms with Crippen LogP contribution in [-0.2, 0) is 10.0 Å². The van der Waals surface area contributed by atoms with Gasteiger partial charge in [-0.15, -0.1) is 0 Å². The fourth-order valence-corrected chi connectivity index (χ4v) is 5.79. The quantitative estimate of drug-likeness (QED) is 0.300. The standard InChI is InChI=1S/C27H26ClN5O2S2/c1-17-15-19(9-11-21(17)28)32-14-6-8-24(32)26-25(23-7-4-5-13-29-23)30-27(36)33(26)20-10-12-22(18(2)16-20)31-37(3,34)35/h4-16,25-26,31H,1-3H3,(H,30,36)/t25-,26-/m0/s1. The Kier molecular flexibility index (Phi) is 6.70. The predicted molar refractivity (Wildman–Crippen MR) is 153 cm³/mol. The van der Waals surface area contributed by atoms with E-state index in [0.717, 1.165) is 40.1 Å². The van der Waals surface area contributed by atoms with E-state index >= 15 is 0 Å². The van der Waals surface area contributed by atoms with Crippen molar-refractivity contribution in [2.45, 2.75) is 25.9 Å². The van der Waals surface area contributed by atoms with Crippen LogP contribution in [0.25, 0.3) is 5.69 Å². The molecule has 5 rings (SSSR count). The number of halogens is 1. The summed E-state index contributed by atoms with van der Waals surface area (Å²) in [6.07, 6.45) is 4.94. The van der Waals surface area contributed by atoms with Crippen LogP contribution in [0.4, 0.5) is 11.4 Å². The lowest BCUT2D eigenvalue weighted by atomic mass is 10.00. The van der Waals surface area contributed by atoms with Crippen LogP contribution >= 0.6 is 23.8 Å². The third-order valence-electron chi connectivity index (χ3n) is 6.38. The molecule has 0 amide bonds. The monoisotopic (exact) mass is 551 g/mol. The van der Waals surface area contributed by atoms with E-state index in [-0.39, 0.29) is 12.1 Å². The molecule has 7 nitrogen and oxygen atoms in total. The minimum absolute atomic E-state index is 0.218. The molecule has 0 spiro atoms. The lowest BCUT2D eigenvalue weighted by molar-refractivity contribution is 0.549. The zero-order valence-corrected chi connectivity index (χ0v) is 22.9. The van der Waals surface area contributed by atoms with Crippen molar-refractivity contribution in [2.24, 2.45) is 0 Å². The molecule has 10 heteroatoms. The van der Waals surface area contributed by atoms with Gasteiger partial charge in [-0.2, -0.15) is 0 Å². The first-order valence-electron chi connectivity index (χ1n) is 11.7. The summed E-state index contributed by atoms with van der Waals surface area (Å²) in [7, 11) is -3.40. The van der Waals surface area contributed by atoms with Gasteiger partial charge in [0, 0.05) is 34.5 Å². The molecule has 2 aromatic heterocycles. The van der Waals surface area contributed by atoms with Crippen molar-refractivity contribution in [3.05, 3.63) is 107 Å². The van der Waals surface area contributed by atoms with E-state index in [9.17, 15) is 8.42 Å². The van der Waals surface area contributed by atoms with Gasteiger partial charge in [-0.05, 0) is 97.9 Å². The van der Waals surface area contributed by atoms with E-state index < -0.39 is 10.0 Å². The number of benzene rings is 2. The van der Waals surface area contributed by atoms with Crippen molar-refractivity contribution >= 4 is 50.3 Å². The summed E-state index contributed by atoms with van der Waals surface area (Å²) in [5.41, 5.74) is 6.02. The average molecular weight is 552 g/mol. The second kappa shape index (κ2) is 9.81. The number of nitrogens with one attached hydrogen (secondary N) is 2. The molecule has 0 aliphatic carbocycles. The van der Waals surface area contributed by atoms with E-state index in [4.69, 9.17) is 23.8 Å². The highest BCUT2D eigenvalue weighted by atomic mass is 35.5. The Balaban J connectivity index is 1.64. The van der Waals surface area contributed by atoms with Gasteiger partial charge in [-0.25, -0.2) is 8.42 Å². The number of hydrogen-bond donors (Lipinski definition) is 2. The van der Waals surface area contributed by atoms with E-state index in [2.05, 4.69) is 36.6 Å². The third-order valence-corrected chi connectivity index (χ3v) is 7.71. The van der Waals surface area contributed by atoms with Crippen LogP contribution in [0.15, 0.2) is 79.1 Å². The van der Waals surface area contributed by atoms with E-state index in [1.165, 1.54) is 0 Å². The zero-order valence-electron chi connectivity index (χ0n) is 20.5. The van der Waals surface area contributed by atoms with Crippen LogP contribution in [0.1, 0.15) is 34.6 Å². The van der Waals surface area contributed by atoms with Gasteiger partial charge >= 0.3 is 0 Å². The van der Waals surface area contributed by atoms with Crippen molar-refractivity contribution in [1.29, 1.82) is 0 Å². The Morgan fingerprint density at radius 2 is 1.76 bits per heavy atom. The van der Waals surface area contributed by atoms with Crippen LogP contribution in [0.5, 0.6) is 0 Å². The lowest BCUT2D eigenvalue weighted by Gasteiger charge is -2.29. The Labute approximate surface area is 227 Å². The Bertz CT molecular complexity index is 1590. The minimum atomic E-state index is -3.40. The molecule has 190 valence electrons. The molecule has 2 N–H and O–H groups in total. The number of pyridine rings is 1. The molecule has 0 unspecified atom stereocenters. The van der Waals surface area contributed by atoms with Crippen molar-refractivity contribution in [3.63, 3.8) is 0 Å². The number of anilines is 2. The van der Waals surface area contributed by atoms with E-state index in [1.807, 2.05) is 68.6 Å². The fraction of sp³-hybridized carbons (Fsp3) is 0.185. The first kappa shape index (κ1) is 25.3. The molecule has 3 heterocycles. The van der Waals surface area contributed by atoms with Crippen LogP contribution in [0.3, 0.4) is 0 Å². The average Bonchev–Trinajstić information content (AvgIpc) is 3.46. The molecule has 1 aliphatic heterocycles. The summed E-state index contributed by atoms with van der Waals surface area (Å²) in [5, 5.41) is 4.75. The molecular weight excluding hydrogens is 526 g/mol. The molecular formula is C27H26ClN5O2S2. The second-order valence-electron chi connectivity index (χ2n) is 9.11. The smallest absolute Gasteiger partial charge is 0.229 e. The molecule has 1 fully saturated rings. The zero-order chi connectivity index (χ0) is 26.3. The summed E-state index contributed by atoms with van der Waals surface area (Å²) in [4.78, 5) is 6.70. The molecule has 1 saturated heterocycles. The summed E-state index contributed by atoms with van der Waals surface area (Å²) in [6.45, 7) is 3.85. The highest BCUT2D eigenvalue weighted by Crippen LogP contribution is 2.43. The van der Waals surface area contributed by atoms with Gasteiger partial charge in [0.05, 0.1) is 23.7 Å². The maximum Gasteiger partial charge on any atom is 0.229 e. The largest absolute Gasteiger partial charge is 0.351 e. The molecule has 2 atom stereocenters. The normalized spacial score (nSPS) is 17.6. The van der Waals surface area contributed by atoms with Crippen LogP contribution in [0.2, 0.25) is 5.02 Å². The minimum Gasteiger partial charge on any atom is -0.351 e. The van der Waals surface area contributed by atoms with Gasteiger partial charge in [0.25, 0.3) is 0 Å². The first-order chi connectivity index (χ1) is 17.6. The number of aromatic nitrogens is 2. The molecule has 1 aliphatic rings. The van der Waals surface area contributed by atoms with Crippen LogP contribution in [-0.4, -0.2) is 29.3 Å². The molecule has 0 bridgehead atoms. The molecule has 0 radical (unpaired) electrons. The van der Waals surface area contributed by atoms with Gasteiger partial charge in [-0.3, -0.25) is 9.71 Å². The van der Waals surface area contributed by atoms with Gasteiger partial charge in [0.15, 0.2) is 5.11 Å². The van der Waals surface area contributed by atoms with E-state index in [0.29, 0.717) is 15.8 Å². The van der Waals surface area contributed by atoms with Gasteiger partial charge in [-0.1, -0.05) is 17.7 Å². The lowest BCUT2D eigenvalue weighted by Crippen LogP contribution is -2.30. The van der Waals surface area contributed by atoms with Gasteiger partial charge in [0.1, 0.15) is 6.04 Å². The van der Waals surface area contributed by atoms with Gasteiger partial charge < -0.3 is 14.8 Å². The number of sulfonamides is 1. The van der Waals surface area contributed by atoms with Crippen LogP contribution in [0, 0.1) is 13.8 Å². The highest BCUT2D eigenvalue weighted by Gasteiger charge is 2.42. The second-order valence-corrected chi connectivity index (χ2v) is 11.6. The number of thiocarbonyl (C=S) groups is 1. The fourth-order valence-electron chi connectivity index (χ4n) is 4.69. The Hall–Kier alpha value is -3.40. The first-order valence-corrected chi connectivity index (χ1v) is 14.3. The SMILES string of the molecule is Cc1cc(-n2cccc2[C@H]2[C@H](c3ccccn3)NC(=S)N2c2ccc(NS(C)(=O)=O)c(C)c2)ccc1Cl. The van der Waals surface area contributed by atoms with Crippen molar-refractivity contribution in [3.8, 4) is 5.69 Å². The summed E-state index contributed by atoms with van der Waals surface area (Å²) in [6, 6.07) is 21.0. The van der Waals surface area contributed by atoms with Crippen molar-refractivity contribution in [2.75, 3.05) is 15.9 Å².